The number of hydrogen-bond donors (Lipinski definition) is 7. The van der Waals surface area contributed by atoms with E-state index in [4.69, 9.17) is 33.2 Å². The van der Waals surface area contributed by atoms with E-state index in [0.29, 0.717) is 0 Å². The molecule has 6 unspecified atom stereocenters. The number of methoxy groups -OCH3 is 3. The highest BCUT2D eigenvalue weighted by Gasteiger charge is 2.48. The topological polar surface area (TPSA) is 223 Å². The second-order valence-corrected chi connectivity index (χ2v) is 8.36. The number of aliphatic hydroxyl groups is 7. The molecule has 2 aliphatic rings. The summed E-state index contributed by atoms with van der Waals surface area (Å²) in [7, 11) is 3.77. The molecule has 210 valence electrons. The van der Waals surface area contributed by atoms with E-state index in [1.807, 2.05) is 0 Å². The second kappa shape index (κ2) is 12.5. The van der Waals surface area contributed by atoms with Gasteiger partial charge in [0.25, 0.3) is 0 Å². The van der Waals surface area contributed by atoms with Gasteiger partial charge in [-0.15, -0.1) is 0 Å². The molecule has 2 aliphatic heterocycles. The summed E-state index contributed by atoms with van der Waals surface area (Å²) < 4.78 is 37.2. The van der Waals surface area contributed by atoms with Gasteiger partial charge in [0, 0.05) is 0 Å². The number of rotatable bonds is 9. The fraction of sp³-hybridized carbons (Fsp3) is 0.682. The molecule has 0 amide bonds. The first-order valence-electron chi connectivity index (χ1n) is 11.2. The molecule has 3 rings (SSSR count). The van der Waals surface area contributed by atoms with Gasteiger partial charge in [0.1, 0.15) is 48.8 Å². The van der Waals surface area contributed by atoms with Crippen molar-refractivity contribution in [2.24, 2.45) is 0 Å². The van der Waals surface area contributed by atoms with Gasteiger partial charge in [0.05, 0.1) is 40.1 Å². The lowest BCUT2D eigenvalue weighted by atomic mass is 9.98. The van der Waals surface area contributed by atoms with E-state index in [0.717, 1.165) is 0 Å². The Labute approximate surface area is 211 Å². The molecule has 15 heteroatoms. The van der Waals surface area contributed by atoms with Crippen molar-refractivity contribution in [3.63, 3.8) is 0 Å². The maximum Gasteiger partial charge on any atom is 0.338 e. The van der Waals surface area contributed by atoms with Gasteiger partial charge in [-0.2, -0.15) is 0 Å². The van der Waals surface area contributed by atoms with Crippen LogP contribution in [0.1, 0.15) is 10.4 Å². The summed E-state index contributed by atoms with van der Waals surface area (Å²) in [6.45, 7) is -1.21. The minimum atomic E-state index is -1.77. The zero-order valence-corrected chi connectivity index (χ0v) is 20.2. The quantitative estimate of drug-likeness (QED) is 0.152. The lowest BCUT2D eigenvalue weighted by molar-refractivity contribution is -0.323. The van der Waals surface area contributed by atoms with Crippen molar-refractivity contribution in [1.29, 1.82) is 0 Å². The molecule has 1 aromatic carbocycles. The zero-order chi connectivity index (χ0) is 27.4. The number of ether oxygens (including phenoxy) is 7. The molecule has 0 saturated carbocycles. The Morgan fingerprint density at radius 2 is 1.30 bits per heavy atom. The molecule has 7 N–H and O–H groups in total. The molecule has 2 fully saturated rings. The zero-order valence-electron chi connectivity index (χ0n) is 20.2. The average molecular weight is 536 g/mol. The third kappa shape index (κ3) is 6.06. The molecule has 0 radical (unpaired) electrons. The van der Waals surface area contributed by atoms with Gasteiger partial charge in [-0.1, -0.05) is 0 Å². The van der Waals surface area contributed by atoms with E-state index < -0.39 is 80.6 Å². The minimum Gasteiger partial charge on any atom is -0.493 e. The van der Waals surface area contributed by atoms with Gasteiger partial charge in [-0.05, 0) is 12.1 Å². The van der Waals surface area contributed by atoms with Gasteiger partial charge in [0.2, 0.25) is 12.0 Å². The number of carbonyl (C=O) groups excluding carboxylic acids is 1. The van der Waals surface area contributed by atoms with Crippen molar-refractivity contribution < 1.29 is 73.7 Å². The lowest BCUT2D eigenvalue weighted by Crippen LogP contribution is -2.62. The first-order chi connectivity index (χ1) is 17.6. The Balaban J connectivity index is 1.77. The van der Waals surface area contributed by atoms with E-state index in [9.17, 15) is 40.5 Å². The van der Waals surface area contributed by atoms with Crippen LogP contribution in [0.15, 0.2) is 12.1 Å². The second-order valence-electron chi connectivity index (χ2n) is 8.36. The summed E-state index contributed by atoms with van der Waals surface area (Å²) in [6.07, 6.45) is -15.9. The van der Waals surface area contributed by atoms with E-state index in [1.165, 1.54) is 33.5 Å². The number of esters is 1. The Morgan fingerprint density at radius 1 is 0.784 bits per heavy atom. The number of benzene rings is 1. The first kappa shape index (κ1) is 29.2. The summed E-state index contributed by atoms with van der Waals surface area (Å²) in [4.78, 5) is 11.9. The van der Waals surface area contributed by atoms with Gasteiger partial charge in [0.15, 0.2) is 17.8 Å². The molecule has 37 heavy (non-hydrogen) atoms. The van der Waals surface area contributed by atoms with Crippen LogP contribution >= 0.6 is 0 Å². The van der Waals surface area contributed by atoms with Crippen LogP contribution in [0.2, 0.25) is 0 Å². The molecule has 2 heterocycles. The van der Waals surface area contributed by atoms with Gasteiger partial charge < -0.3 is 68.9 Å². The van der Waals surface area contributed by atoms with Crippen LogP contribution in [-0.4, -0.2) is 138 Å². The maximum atomic E-state index is 11.9. The van der Waals surface area contributed by atoms with Crippen LogP contribution < -0.4 is 14.2 Å². The lowest BCUT2D eigenvalue weighted by Gasteiger charge is -2.42. The summed E-state index contributed by atoms with van der Waals surface area (Å²) in [5, 5.41) is 70.5. The SMILES string of the molecule is COC(=O)c1cc(OC)c(O[C@@H]2OC(CO[C@@H]3OC(CO)[C@@H](O)C(O)C3O)[C@@H](O)C(O)C2O)c(OC)c1. The van der Waals surface area contributed by atoms with Crippen molar-refractivity contribution >= 4 is 5.97 Å². The Bertz CT molecular complexity index is 885. The van der Waals surface area contributed by atoms with Crippen LogP contribution in [0.5, 0.6) is 17.2 Å². The third-order valence-electron chi connectivity index (χ3n) is 6.06. The maximum absolute atomic E-state index is 11.9. The van der Waals surface area contributed by atoms with E-state index in [-0.39, 0.29) is 22.8 Å². The molecule has 0 aromatic heterocycles. The number of carbonyl (C=O) groups is 1. The van der Waals surface area contributed by atoms with Gasteiger partial charge in [-0.25, -0.2) is 4.79 Å². The molecular weight excluding hydrogens is 504 g/mol. The van der Waals surface area contributed by atoms with Crippen LogP contribution in [0.25, 0.3) is 0 Å². The van der Waals surface area contributed by atoms with E-state index >= 15 is 0 Å². The monoisotopic (exact) mass is 536 g/mol. The Kier molecular flexibility index (Phi) is 9.87. The summed E-state index contributed by atoms with van der Waals surface area (Å²) >= 11 is 0. The minimum absolute atomic E-state index is 0.00489. The highest BCUT2D eigenvalue weighted by Crippen LogP contribution is 2.40. The predicted molar refractivity (Wildman–Crippen MR) is 118 cm³/mol. The van der Waals surface area contributed by atoms with Crippen LogP contribution in [0.4, 0.5) is 0 Å². The number of aliphatic hydroxyl groups excluding tert-OH is 7. The molecular formula is C22H32O15. The highest BCUT2D eigenvalue weighted by atomic mass is 16.7. The normalized spacial score (nSPS) is 36.1. The highest BCUT2D eigenvalue weighted by molar-refractivity contribution is 5.91. The fourth-order valence-corrected chi connectivity index (χ4v) is 3.89. The smallest absolute Gasteiger partial charge is 0.338 e. The summed E-state index contributed by atoms with van der Waals surface area (Å²) in [5.41, 5.74) is 0.0786. The standard InChI is InChI=1S/C22H32O15/c1-31-9-4-8(20(30)33-3)5-10(32-2)19(9)37-22-18(29)16(27)14(25)12(36-22)7-34-21-17(28)15(26)13(24)11(6-23)35-21/h4-5,11-18,21-29H,6-7H2,1-3H3/t11?,12?,13-,14-,15?,16?,17?,18?,21-,22+/m1/s1. The first-order valence-corrected chi connectivity index (χ1v) is 11.2. The average Bonchev–Trinajstić information content (AvgIpc) is 2.91. The van der Waals surface area contributed by atoms with Crippen molar-refractivity contribution in [2.45, 2.75) is 61.4 Å². The molecule has 0 bridgehead atoms. The van der Waals surface area contributed by atoms with E-state index in [1.54, 1.807) is 0 Å². The van der Waals surface area contributed by atoms with Crippen molar-refractivity contribution in [2.75, 3.05) is 34.5 Å². The van der Waals surface area contributed by atoms with Crippen molar-refractivity contribution in [3.05, 3.63) is 17.7 Å². The van der Waals surface area contributed by atoms with Gasteiger partial charge >= 0.3 is 5.97 Å². The molecule has 15 nitrogen and oxygen atoms in total. The molecule has 0 aliphatic carbocycles. The Hall–Kier alpha value is -2.31. The van der Waals surface area contributed by atoms with Crippen LogP contribution in [0.3, 0.4) is 0 Å². The van der Waals surface area contributed by atoms with Crippen LogP contribution in [0, 0.1) is 0 Å². The molecule has 1 aromatic rings. The summed E-state index contributed by atoms with van der Waals surface area (Å²) in [5.74, 6) is -0.768. The molecule has 0 spiro atoms. The summed E-state index contributed by atoms with van der Waals surface area (Å²) in [6, 6.07) is 2.59. The van der Waals surface area contributed by atoms with E-state index in [2.05, 4.69) is 0 Å². The molecule has 10 atom stereocenters. The third-order valence-corrected chi connectivity index (χ3v) is 6.06. The van der Waals surface area contributed by atoms with Crippen LogP contribution in [-0.2, 0) is 18.9 Å². The number of hydrogen-bond acceptors (Lipinski definition) is 15. The fourth-order valence-electron chi connectivity index (χ4n) is 3.89. The largest absolute Gasteiger partial charge is 0.493 e. The van der Waals surface area contributed by atoms with Crippen molar-refractivity contribution in [1.82, 2.24) is 0 Å². The van der Waals surface area contributed by atoms with Gasteiger partial charge in [-0.3, -0.25) is 0 Å². The molecule has 2 saturated heterocycles. The predicted octanol–water partition coefficient (Wildman–Crippen LogP) is -3.51. The Morgan fingerprint density at radius 3 is 1.81 bits per heavy atom. The van der Waals surface area contributed by atoms with Crippen molar-refractivity contribution in [3.8, 4) is 17.2 Å².